The second-order valence-electron chi connectivity index (χ2n) is 4.85. The highest BCUT2D eigenvalue weighted by molar-refractivity contribution is 5.47. The summed E-state index contributed by atoms with van der Waals surface area (Å²) in [4.78, 5) is 3.92. The van der Waals surface area contributed by atoms with Gasteiger partial charge in [-0.3, -0.25) is 0 Å². The predicted molar refractivity (Wildman–Crippen MR) is 64.3 cm³/mol. The Balaban J connectivity index is 2.10. The second-order valence-corrected chi connectivity index (χ2v) is 4.85. The Morgan fingerprint density at radius 1 is 1.42 bits per heavy atom. The maximum Gasteiger partial charge on any atom is 0.136 e. The van der Waals surface area contributed by atoms with Gasteiger partial charge in [-0.15, -0.1) is 0 Å². The third kappa shape index (κ3) is 1.67. The van der Waals surface area contributed by atoms with Crippen molar-refractivity contribution in [2.45, 2.75) is 30.8 Å². The summed E-state index contributed by atoms with van der Waals surface area (Å²) in [7, 11) is 0. The fourth-order valence-corrected chi connectivity index (χ4v) is 2.58. The minimum Gasteiger partial charge on any atom is -0.394 e. The maximum absolute atomic E-state index is 10.2. The minimum absolute atomic E-state index is 0.355. The first kappa shape index (κ1) is 12.5. The van der Waals surface area contributed by atoms with E-state index >= 15 is 0 Å². The van der Waals surface area contributed by atoms with Gasteiger partial charge in [0.15, 0.2) is 0 Å². The van der Waals surface area contributed by atoms with Crippen LogP contribution >= 0.6 is 0 Å². The van der Waals surface area contributed by atoms with E-state index < -0.39 is 23.9 Å². The van der Waals surface area contributed by atoms with Gasteiger partial charge >= 0.3 is 0 Å². The molecule has 0 aromatic carbocycles. The van der Waals surface area contributed by atoms with Crippen molar-refractivity contribution in [3.63, 3.8) is 0 Å². The molecule has 0 bridgehead atoms. The molecule has 7 nitrogen and oxygen atoms in total. The quantitative estimate of drug-likeness (QED) is 0.648. The summed E-state index contributed by atoms with van der Waals surface area (Å²) in [5.41, 5.74) is 0.233. The number of rotatable bonds is 2. The van der Waals surface area contributed by atoms with Crippen LogP contribution in [0.5, 0.6) is 0 Å². The van der Waals surface area contributed by atoms with Crippen LogP contribution in [-0.4, -0.2) is 54.8 Å². The fourth-order valence-electron chi connectivity index (χ4n) is 2.58. The minimum atomic E-state index is -1.14. The maximum atomic E-state index is 10.2. The molecular formula is C12H15N3O4. The first-order chi connectivity index (χ1) is 9.08. The Morgan fingerprint density at radius 2 is 2.21 bits per heavy atom. The van der Waals surface area contributed by atoms with Crippen LogP contribution in [0.3, 0.4) is 0 Å². The number of aromatic nitrogens is 3. The van der Waals surface area contributed by atoms with Crippen LogP contribution in [-0.2, 0) is 10.3 Å². The second kappa shape index (κ2) is 4.24. The molecule has 1 fully saturated rings. The summed E-state index contributed by atoms with van der Waals surface area (Å²) in [6, 6.07) is 3.56. The Kier molecular flexibility index (Phi) is 2.79. The van der Waals surface area contributed by atoms with Crippen molar-refractivity contribution >= 4 is 5.52 Å². The van der Waals surface area contributed by atoms with Gasteiger partial charge in [0, 0.05) is 0 Å². The van der Waals surface area contributed by atoms with Crippen LogP contribution in [0, 0.1) is 0 Å². The molecule has 1 aliphatic rings. The smallest absolute Gasteiger partial charge is 0.136 e. The van der Waals surface area contributed by atoms with Gasteiger partial charge in [-0.25, -0.2) is 9.50 Å². The lowest BCUT2D eigenvalue weighted by Crippen LogP contribution is -2.39. The molecule has 19 heavy (non-hydrogen) atoms. The Bertz CT molecular complexity index is 601. The lowest BCUT2D eigenvalue weighted by molar-refractivity contribution is -0.0891. The zero-order valence-corrected chi connectivity index (χ0v) is 10.3. The number of aliphatic hydroxyl groups is 3. The van der Waals surface area contributed by atoms with Crippen molar-refractivity contribution in [3.8, 4) is 0 Å². The summed E-state index contributed by atoms with van der Waals surface area (Å²) in [6.07, 6.45) is -0.0602. The zero-order chi connectivity index (χ0) is 13.6. The average Bonchev–Trinajstić information content (AvgIpc) is 2.95. The molecule has 2 aromatic rings. The standard InChI is InChI=1S/C12H15N3O4/c1-12(11(18)10(17)8(5-16)19-12)9-3-2-7-4-13-6-14-15(7)9/h2-4,6,8,10-11,16-18H,5H2,1H3/t8-,10-,11-,12+/m1/s1. The van der Waals surface area contributed by atoms with Crippen molar-refractivity contribution in [1.29, 1.82) is 0 Å². The highest BCUT2D eigenvalue weighted by Gasteiger charge is 2.53. The van der Waals surface area contributed by atoms with Gasteiger partial charge in [0.25, 0.3) is 0 Å². The zero-order valence-electron chi connectivity index (χ0n) is 10.3. The lowest BCUT2D eigenvalue weighted by Gasteiger charge is -2.27. The molecule has 3 N–H and O–H groups in total. The molecule has 1 saturated heterocycles. The molecule has 2 aromatic heterocycles. The molecule has 0 aliphatic carbocycles. The molecule has 0 radical (unpaired) electrons. The molecule has 102 valence electrons. The topological polar surface area (TPSA) is 100 Å². The van der Waals surface area contributed by atoms with Crippen molar-refractivity contribution in [1.82, 2.24) is 14.6 Å². The normalized spacial score (nSPS) is 35.1. The van der Waals surface area contributed by atoms with E-state index in [9.17, 15) is 10.2 Å². The van der Waals surface area contributed by atoms with Crippen LogP contribution in [0.25, 0.3) is 5.52 Å². The average molecular weight is 265 g/mol. The summed E-state index contributed by atoms with van der Waals surface area (Å²) in [5, 5.41) is 33.4. The monoisotopic (exact) mass is 265 g/mol. The number of fused-ring (bicyclic) bond motifs is 1. The van der Waals surface area contributed by atoms with E-state index in [-0.39, 0.29) is 6.61 Å². The summed E-state index contributed by atoms with van der Waals surface area (Å²) in [5.74, 6) is 0. The molecule has 0 amide bonds. The van der Waals surface area contributed by atoms with Crippen LogP contribution in [0.15, 0.2) is 24.7 Å². The Morgan fingerprint density at radius 3 is 2.89 bits per heavy atom. The molecule has 3 heterocycles. The van der Waals surface area contributed by atoms with Crippen molar-refractivity contribution < 1.29 is 20.1 Å². The SMILES string of the molecule is C[C@@]1(c2ccc3cncnn23)O[C@H](CO)[C@@H](O)[C@H]1O. The summed E-state index contributed by atoms with van der Waals surface area (Å²) >= 11 is 0. The molecule has 3 rings (SSSR count). The van der Waals surface area contributed by atoms with Gasteiger partial charge in [0.2, 0.25) is 0 Å². The summed E-state index contributed by atoms with van der Waals surface area (Å²) < 4.78 is 7.24. The fraction of sp³-hybridized carbons (Fsp3) is 0.500. The van der Waals surface area contributed by atoms with Gasteiger partial charge in [-0.1, -0.05) is 0 Å². The highest BCUT2D eigenvalue weighted by atomic mass is 16.6. The van der Waals surface area contributed by atoms with Crippen LogP contribution in [0.2, 0.25) is 0 Å². The number of nitrogens with zero attached hydrogens (tertiary/aromatic N) is 3. The molecular weight excluding hydrogens is 250 g/mol. The van der Waals surface area contributed by atoms with E-state index in [1.54, 1.807) is 29.8 Å². The first-order valence-corrected chi connectivity index (χ1v) is 6.01. The van der Waals surface area contributed by atoms with Gasteiger partial charge in [0.1, 0.15) is 30.2 Å². The van der Waals surface area contributed by atoms with Crippen LogP contribution in [0.4, 0.5) is 0 Å². The Labute approximate surface area is 109 Å². The number of aliphatic hydroxyl groups excluding tert-OH is 3. The number of hydrogen-bond donors (Lipinski definition) is 3. The van der Waals surface area contributed by atoms with Crippen molar-refractivity contribution in [3.05, 3.63) is 30.4 Å². The van der Waals surface area contributed by atoms with E-state index in [4.69, 9.17) is 9.84 Å². The van der Waals surface area contributed by atoms with Crippen LogP contribution < -0.4 is 0 Å². The summed E-state index contributed by atoms with van der Waals surface area (Å²) in [6.45, 7) is 1.31. The van der Waals surface area contributed by atoms with Crippen molar-refractivity contribution in [2.75, 3.05) is 6.61 Å². The number of ether oxygens (including phenoxy) is 1. The van der Waals surface area contributed by atoms with Gasteiger partial charge in [-0.05, 0) is 19.1 Å². The van der Waals surface area contributed by atoms with Crippen molar-refractivity contribution in [2.24, 2.45) is 0 Å². The largest absolute Gasteiger partial charge is 0.394 e. The first-order valence-electron chi connectivity index (χ1n) is 6.01. The molecule has 0 unspecified atom stereocenters. The van der Waals surface area contributed by atoms with E-state index in [0.29, 0.717) is 5.69 Å². The van der Waals surface area contributed by atoms with E-state index in [1.807, 2.05) is 0 Å². The molecule has 7 heteroatoms. The molecule has 1 aliphatic heterocycles. The van der Waals surface area contributed by atoms with Gasteiger partial charge in [-0.2, -0.15) is 5.10 Å². The third-order valence-electron chi connectivity index (χ3n) is 3.68. The van der Waals surface area contributed by atoms with Gasteiger partial charge < -0.3 is 20.1 Å². The molecule has 4 atom stereocenters. The number of hydrogen-bond acceptors (Lipinski definition) is 6. The molecule has 0 spiro atoms. The van der Waals surface area contributed by atoms with Crippen LogP contribution in [0.1, 0.15) is 12.6 Å². The van der Waals surface area contributed by atoms with E-state index in [0.717, 1.165) is 5.52 Å². The van der Waals surface area contributed by atoms with E-state index in [1.165, 1.54) is 6.33 Å². The predicted octanol–water partition coefficient (Wildman–Crippen LogP) is -0.943. The highest BCUT2D eigenvalue weighted by Crippen LogP contribution is 2.39. The van der Waals surface area contributed by atoms with Gasteiger partial charge in [0.05, 0.1) is 24.0 Å². The molecule has 0 saturated carbocycles. The third-order valence-corrected chi connectivity index (χ3v) is 3.68. The Hall–Kier alpha value is -1.54. The lowest BCUT2D eigenvalue weighted by atomic mass is 9.93. The van der Waals surface area contributed by atoms with E-state index in [2.05, 4.69) is 10.1 Å².